The summed E-state index contributed by atoms with van der Waals surface area (Å²) < 4.78 is 5.28. The zero-order valence-electron chi connectivity index (χ0n) is 23.2. The number of rotatable bonds is 10. The van der Waals surface area contributed by atoms with Crippen LogP contribution in [-0.2, 0) is 16.1 Å². The molecule has 11 nitrogen and oxygen atoms in total. The number of thiophene rings is 1. The highest BCUT2D eigenvalue weighted by Crippen LogP contribution is 2.31. The van der Waals surface area contributed by atoms with Crippen molar-refractivity contribution in [3.8, 4) is 10.6 Å². The van der Waals surface area contributed by atoms with E-state index in [9.17, 15) is 19.2 Å². The molecule has 0 unspecified atom stereocenters. The first-order valence-electron chi connectivity index (χ1n) is 13.6. The van der Waals surface area contributed by atoms with Crippen LogP contribution in [0.3, 0.4) is 0 Å². The molecular formula is C29H30N6O5S2. The Morgan fingerprint density at radius 3 is 2.69 bits per heavy atom. The van der Waals surface area contributed by atoms with Crippen LogP contribution in [0.5, 0.6) is 0 Å². The number of nitrogens with one attached hydrogen (secondary N) is 2. The molecule has 3 aromatic rings. The second kappa shape index (κ2) is 13.4. The third kappa shape index (κ3) is 7.09. The molecule has 0 aliphatic carbocycles. The number of anilines is 1. The normalized spacial score (nSPS) is 16.6. The van der Waals surface area contributed by atoms with Gasteiger partial charge in [-0.1, -0.05) is 0 Å². The fraction of sp³-hybridized carbons (Fsp3) is 0.345. The molecule has 42 heavy (non-hydrogen) atoms. The van der Waals surface area contributed by atoms with Crippen LogP contribution in [0.2, 0.25) is 0 Å². The summed E-state index contributed by atoms with van der Waals surface area (Å²) in [6.45, 7) is 6.49. The van der Waals surface area contributed by atoms with Gasteiger partial charge in [-0.15, -0.1) is 11.3 Å². The van der Waals surface area contributed by atoms with Gasteiger partial charge < -0.3 is 15.0 Å². The number of pyridine rings is 1. The molecule has 2 N–H and O–H groups in total. The van der Waals surface area contributed by atoms with E-state index in [2.05, 4.69) is 30.5 Å². The molecule has 2 saturated heterocycles. The molecule has 2 fully saturated rings. The summed E-state index contributed by atoms with van der Waals surface area (Å²) in [5.41, 5.74) is 2.36. The lowest BCUT2D eigenvalue weighted by Gasteiger charge is -2.32. The van der Waals surface area contributed by atoms with Crippen LogP contribution in [0.15, 0.2) is 41.6 Å². The predicted molar refractivity (Wildman–Crippen MR) is 161 cm³/mol. The van der Waals surface area contributed by atoms with Crippen LogP contribution in [-0.4, -0.2) is 64.1 Å². The molecule has 0 aromatic carbocycles. The molecule has 13 heteroatoms. The van der Waals surface area contributed by atoms with Crippen molar-refractivity contribution in [2.45, 2.75) is 33.2 Å². The minimum atomic E-state index is -0.437. The highest BCUT2D eigenvalue weighted by atomic mass is 32.2. The van der Waals surface area contributed by atoms with E-state index in [0.29, 0.717) is 45.1 Å². The van der Waals surface area contributed by atoms with Crippen molar-refractivity contribution in [1.29, 1.82) is 0 Å². The summed E-state index contributed by atoms with van der Waals surface area (Å²) in [7, 11) is 0. The number of esters is 1. The number of carbonyl (C=O) groups excluding carboxylic acids is 4. The molecule has 3 aromatic heterocycles. The molecule has 2 aliphatic heterocycles. The Bertz CT molecular complexity index is 1550. The maximum Gasteiger partial charge on any atom is 0.340 e. The minimum absolute atomic E-state index is 0.0260. The van der Waals surface area contributed by atoms with Crippen molar-refractivity contribution in [1.82, 2.24) is 25.6 Å². The molecule has 218 valence electrons. The van der Waals surface area contributed by atoms with Crippen molar-refractivity contribution in [2.75, 3.05) is 31.1 Å². The Morgan fingerprint density at radius 2 is 2.00 bits per heavy atom. The number of Topliss-reactive ketones (excluding diaryl/α,β-unsaturated/α-hetero) is 1. The molecule has 2 amide bonds. The van der Waals surface area contributed by atoms with E-state index in [0.717, 1.165) is 54.7 Å². The second-order valence-electron chi connectivity index (χ2n) is 9.88. The number of amides is 2. The lowest BCUT2D eigenvalue weighted by molar-refractivity contribution is -0.115. The summed E-state index contributed by atoms with van der Waals surface area (Å²) >= 11 is 2.18. The van der Waals surface area contributed by atoms with Crippen LogP contribution < -0.4 is 15.5 Å². The Labute approximate surface area is 251 Å². The SMILES string of the molecule is CCOC(=O)c1cc(CNCC2CCN(c3nccc(/C=C4\SC(=O)NC4=O)n3)CC2)cnc1-c1ccc(C(C)=O)s1. The van der Waals surface area contributed by atoms with Gasteiger partial charge >= 0.3 is 5.97 Å². The van der Waals surface area contributed by atoms with Crippen molar-refractivity contribution in [3.05, 3.63) is 63.3 Å². The summed E-state index contributed by atoms with van der Waals surface area (Å²) in [6.07, 6.45) is 6.93. The first kappa shape index (κ1) is 29.5. The molecule has 5 heterocycles. The van der Waals surface area contributed by atoms with Crippen LogP contribution in [0.1, 0.15) is 58.0 Å². The lowest BCUT2D eigenvalue weighted by Crippen LogP contribution is -2.38. The predicted octanol–water partition coefficient (Wildman–Crippen LogP) is 4.31. The van der Waals surface area contributed by atoms with Crippen LogP contribution >= 0.6 is 23.1 Å². The number of hydrogen-bond donors (Lipinski definition) is 2. The largest absolute Gasteiger partial charge is 0.462 e. The zero-order valence-corrected chi connectivity index (χ0v) is 24.8. The maximum atomic E-state index is 12.7. The van der Waals surface area contributed by atoms with Crippen molar-refractivity contribution in [2.24, 2.45) is 5.92 Å². The van der Waals surface area contributed by atoms with Crippen LogP contribution in [0.25, 0.3) is 16.6 Å². The number of piperidine rings is 1. The van der Waals surface area contributed by atoms with Gasteiger partial charge in [0.2, 0.25) is 5.95 Å². The quantitative estimate of drug-likeness (QED) is 0.194. The highest BCUT2D eigenvalue weighted by molar-refractivity contribution is 8.18. The summed E-state index contributed by atoms with van der Waals surface area (Å²) in [5.74, 6) is 0.191. The van der Waals surface area contributed by atoms with Gasteiger partial charge in [-0.2, -0.15) is 0 Å². The second-order valence-corrected chi connectivity index (χ2v) is 12.0. The summed E-state index contributed by atoms with van der Waals surface area (Å²) in [5, 5.41) is 5.36. The van der Waals surface area contributed by atoms with Crippen molar-refractivity contribution < 1.29 is 23.9 Å². The number of ether oxygens (including phenoxy) is 1. The summed E-state index contributed by atoms with van der Waals surface area (Å²) in [6, 6.07) is 7.08. The Morgan fingerprint density at radius 1 is 1.19 bits per heavy atom. The van der Waals surface area contributed by atoms with Crippen LogP contribution in [0.4, 0.5) is 10.7 Å². The number of hydrogen-bond acceptors (Lipinski definition) is 12. The van der Waals surface area contributed by atoms with E-state index in [4.69, 9.17) is 4.74 Å². The smallest absolute Gasteiger partial charge is 0.340 e. The highest BCUT2D eigenvalue weighted by Gasteiger charge is 2.26. The van der Waals surface area contributed by atoms with Crippen molar-refractivity contribution >= 4 is 58.0 Å². The number of aromatic nitrogens is 3. The van der Waals surface area contributed by atoms with Gasteiger partial charge in [-0.05, 0) is 86.8 Å². The lowest BCUT2D eigenvalue weighted by atomic mass is 9.97. The molecular weight excluding hydrogens is 576 g/mol. The average Bonchev–Trinajstić information content (AvgIpc) is 3.60. The molecule has 0 spiro atoms. The topological polar surface area (TPSA) is 143 Å². The maximum absolute atomic E-state index is 12.7. The van der Waals surface area contributed by atoms with Gasteiger partial charge in [0.15, 0.2) is 5.78 Å². The Kier molecular flexibility index (Phi) is 9.40. The Hall–Kier alpha value is -3.94. The Balaban J connectivity index is 1.16. The fourth-order valence-electron chi connectivity index (χ4n) is 4.73. The summed E-state index contributed by atoms with van der Waals surface area (Å²) in [4.78, 5) is 65.1. The van der Waals surface area contributed by atoms with E-state index >= 15 is 0 Å². The average molecular weight is 607 g/mol. The monoisotopic (exact) mass is 606 g/mol. The van der Waals surface area contributed by atoms with Gasteiger partial charge in [0.25, 0.3) is 11.1 Å². The van der Waals surface area contributed by atoms with Gasteiger partial charge in [0.1, 0.15) is 0 Å². The fourth-order valence-corrected chi connectivity index (χ4v) is 6.31. The molecule has 0 radical (unpaired) electrons. The van der Waals surface area contributed by atoms with Gasteiger partial charge in [0.05, 0.1) is 38.2 Å². The van der Waals surface area contributed by atoms with E-state index in [-0.39, 0.29) is 17.6 Å². The number of carbonyl (C=O) groups is 4. The van der Waals surface area contributed by atoms with Gasteiger partial charge in [-0.3, -0.25) is 24.7 Å². The molecule has 0 saturated carbocycles. The van der Waals surface area contributed by atoms with E-state index < -0.39 is 11.9 Å². The first-order chi connectivity index (χ1) is 20.3. The first-order valence-corrected chi connectivity index (χ1v) is 15.2. The number of ketones is 1. The van der Waals surface area contributed by atoms with E-state index in [1.807, 2.05) is 12.1 Å². The molecule has 2 aliphatic rings. The standard InChI is InChI=1S/C29H30N6O5S2/c1-3-40-27(38)21-12-19(16-32-25(21)23-5-4-22(41-23)17(2)36)15-30-14-18-7-10-35(11-8-18)28-31-9-6-20(33-28)13-24-26(37)34-29(39)42-24/h4-6,9,12-13,16,18,30H,3,7-8,10-11,14-15H2,1-2H3,(H,34,37,39)/b24-13-. The molecule has 0 bridgehead atoms. The van der Waals surface area contributed by atoms with Crippen molar-refractivity contribution in [3.63, 3.8) is 0 Å². The molecule has 0 atom stereocenters. The van der Waals surface area contributed by atoms with E-state index in [1.54, 1.807) is 37.5 Å². The van der Waals surface area contributed by atoms with Crippen LogP contribution in [0, 0.1) is 5.92 Å². The van der Waals surface area contributed by atoms with E-state index in [1.165, 1.54) is 18.3 Å². The zero-order chi connectivity index (χ0) is 29.6. The van der Waals surface area contributed by atoms with Gasteiger partial charge in [-0.25, -0.2) is 14.8 Å². The number of thioether (sulfide) groups is 1. The third-order valence-corrected chi connectivity index (χ3v) is 8.87. The minimum Gasteiger partial charge on any atom is -0.462 e. The number of imide groups is 1. The third-order valence-electron chi connectivity index (χ3n) is 6.87. The van der Waals surface area contributed by atoms with Gasteiger partial charge in [0, 0.05) is 32.0 Å². The molecule has 5 rings (SSSR count). The number of nitrogens with zero attached hydrogens (tertiary/aromatic N) is 4.